The van der Waals surface area contributed by atoms with Crippen molar-refractivity contribution in [2.45, 2.75) is 31.2 Å². The number of nitrogens with zero attached hydrogens (tertiary/aromatic N) is 3. The van der Waals surface area contributed by atoms with E-state index in [9.17, 15) is 14.7 Å². The fourth-order valence-electron chi connectivity index (χ4n) is 3.42. The monoisotopic (exact) mass is 357 g/mol. The number of aryl methyl sites for hydroxylation is 1. The first kappa shape index (κ1) is 18.0. The molecule has 7 nitrogen and oxygen atoms in total. The van der Waals surface area contributed by atoms with Crippen LogP contribution in [0, 0.1) is 0 Å². The first-order chi connectivity index (χ1) is 12.5. The molecule has 1 aliphatic heterocycles. The number of carboxylic acid groups (broad SMARTS) is 1. The number of rotatable bonds is 6. The maximum absolute atomic E-state index is 12.5. The van der Waals surface area contributed by atoms with Gasteiger partial charge in [-0.3, -0.25) is 4.79 Å². The van der Waals surface area contributed by atoms with Crippen LogP contribution < -0.4 is 4.74 Å². The molecule has 1 amide bonds. The van der Waals surface area contributed by atoms with Crippen LogP contribution in [0.5, 0.6) is 5.75 Å². The number of methoxy groups -OCH3 is 1. The molecule has 0 unspecified atom stereocenters. The molecule has 7 heteroatoms. The standard InChI is InChI=1S/C19H23N3O4/c1-26-16-5-2-15(3-6-16)4-7-17(23)21-11-8-19(9-12-21,18(24)25)22-13-10-20-14-22/h2-3,5-6,10,13-14H,4,7-9,11-12H2,1H3,(H,24,25). The third kappa shape index (κ3) is 3.56. The van der Waals surface area contributed by atoms with Crippen molar-refractivity contribution < 1.29 is 19.4 Å². The summed E-state index contributed by atoms with van der Waals surface area (Å²) in [6, 6.07) is 7.67. The van der Waals surface area contributed by atoms with Crippen molar-refractivity contribution in [1.82, 2.24) is 14.5 Å². The van der Waals surface area contributed by atoms with E-state index in [1.165, 1.54) is 6.33 Å². The highest BCUT2D eigenvalue weighted by molar-refractivity contribution is 5.79. The number of aromatic nitrogens is 2. The first-order valence-electron chi connectivity index (χ1n) is 8.68. The number of benzene rings is 1. The molecule has 1 N–H and O–H groups in total. The summed E-state index contributed by atoms with van der Waals surface area (Å²) in [7, 11) is 1.62. The topological polar surface area (TPSA) is 84.7 Å². The van der Waals surface area contributed by atoms with E-state index in [1.54, 1.807) is 29.0 Å². The van der Waals surface area contributed by atoms with E-state index < -0.39 is 11.5 Å². The van der Waals surface area contributed by atoms with Crippen LogP contribution in [0.4, 0.5) is 0 Å². The van der Waals surface area contributed by atoms with E-state index in [2.05, 4.69) is 4.98 Å². The molecule has 1 aliphatic rings. The Morgan fingerprint density at radius 3 is 2.46 bits per heavy atom. The molecule has 0 atom stereocenters. The third-order valence-electron chi connectivity index (χ3n) is 5.13. The molecule has 0 radical (unpaired) electrons. The lowest BCUT2D eigenvalue weighted by Crippen LogP contribution is -2.52. The molecule has 0 bridgehead atoms. The molecule has 2 heterocycles. The lowest BCUT2D eigenvalue weighted by molar-refractivity contribution is -0.152. The van der Waals surface area contributed by atoms with Crippen molar-refractivity contribution in [1.29, 1.82) is 0 Å². The van der Waals surface area contributed by atoms with E-state index in [0.29, 0.717) is 38.8 Å². The highest BCUT2D eigenvalue weighted by atomic mass is 16.5. The minimum Gasteiger partial charge on any atom is -0.497 e. The van der Waals surface area contributed by atoms with E-state index in [1.807, 2.05) is 24.3 Å². The molecule has 3 rings (SSSR count). The van der Waals surface area contributed by atoms with Crippen LogP contribution in [0.25, 0.3) is 0 Å². The largest absolute Gasteiger partial charge is 0.497 e. The molecular weight excluding hydrogens is 334 g/mol. The van der Waals surface area contributed by atoms with Crippen molar-refractivity contribution in [3.8, 4) is 5.75 Å². The van der Waals surface area contributed by atoms with Crippen LogP contribution in [-0.2, 0) is 21.5 Å². The summed E-state index contributed by atoms with van der Waals surface area (Å²) >= 11 is 0. The molecule has 26 heavy (non-hydrogen) atoms. The molecule has 1 aromatic carbocycles. The molecule has 0 spiro atoms. The molecular formula is C19H23N3O4. The number of ether oxygens (including phenoxy) is 1. The predicted molar refractivity (Wildman–Crippen MR) is 95.0 cm³/mol. The first-order valence-corrected chi connectivity index (χ1v) is 8.68. The zero-order valence-corrected chi connectivity index (χ0v) is 14.8. The van der Waals surface area contributed by atoms with Crippen LogP contribution in [0.2, 0.25) is 0 Å². The lowest BCUT2D eigenvalue weighted by Gasteiger charge is -2.39. The minimum atomic E-state index is -1.01. The van der Waals surface area contributed by atoms with E-state index in [4.69, 9.17) is 4.74 Å². The quantitative estimate of drug-likeness (QED) is 0.854. The van der Waals surface area contributed by atoms with Gasteiger partial charge in [0.1, 0.15) is 11.3 Å². The van der Waals surface area contributed by atoms with Gasteiger partial charge < -0.3 is 19.3 Å². The van der Waals surface area contributed by atoms with Gasteiger partial charge in [0.15, 0.2) is 0 Å². The number of hydrogen-bond acceptors (Lipinski definition) is 4. The van der Waals surface area contributed by atoms with E-state index in [0.717, 1.165) is 11.3 Å². The Morgan fingerprint density at radius 2 is 1.92 bits per heavy atom. The number of carboxylic acids is 1. The van der Waals surface area contributed by atoms with Gasteiger partial charge in [0.05, 0.1) is 13.4 Å². The van der Waals surface area contributed by atoms with Crippen LogP contribution in [-0.4, -0.2) is 51.6 Å². The van der Waals surface area contributed by atoms with Crippen LogP contribution in [0.15, 0.2) is 43.0 Å². The number of imidazole rings is 1. The summed E-state index contributed by atoms with van der Waals surface area (Å²) in [5.41, 5.74) is 0.0676. The van der Waals surface area contributed by atoms with Gasteiger partial charge in [0, 0.05) is 31.9 Å². The maximum Gasteiger partial charge on any atom is 0.330 e. The number of amides is 1. The summed E-state index contributed by atoms with van der Waals surface area (Å²) in [4.78, 5) is 30.1. The number of hydrogen-bond donors (Lipinski definition) is 1. The van der Waals surface area contributed by atoms with E-state index >= 15 is 0 Å². The van der Waals surface area contributed by atoms with Crippen molar-refractivity contribution in [2.24, 2.45) is 0 Å². The number of piperidine rings is 1. The molecule has 1 aromatic heterocycles. The third-order valence-corrected chi connectivity index (χ3v) is 5.13. The Labute approximate surface area is 152 Å². The second-order valence-corrected chi connectivity index (χ2v) is 6.54. The number of aliphatic carboxylic acids is 1. The van der Waals surface area contributed by atoms with Gasteiger partial charge in [-0.05, 0) is 37.0 Å². The normalized spacial score (nSPS) is 16.3. The highest BCUT2D eigenvalue weighted by Gasteiger charge is 2.43. The number of likely N-dealkylation sites (tertiary alicyclic amines) is 1. The van der Waals surface area contributed by atoms with Crippen LogP contribution >= 0.6 is 0 Å². The Balaban J connectivity index is 1.56. The molecule has 1 saturated heterocycles. The smallest absolute Gasteiger partial charge is 0.330 e. The summed E-state index contributed by atoms with van der Waals surface area (Å²) in [6.07, 6.45) is 6.63. The van der Waals surface area contributed by atoms with Crippen molar-refractivity contribution in [3.63, 3.8) is 0 Å². The predicted octanol–water partition coefficient (Wildman–Crippen LogP) is 1.93. The van der Waals surface area contributed by atoms with Gasteiger partial charge in [-0.25, -0.2) is 9.78 Å². The average molecular weight is 357 g/mol. The highest BCUT2D eigenvalue weighted by Crippen LogP contribution is 2.31. The molecule has 0 saturated carbocycles. The van der Waals surface area contributed by atoms with Gasteiger partial charge in [-0.15, -0.1) is 0 Å². The fraction of sp³-hybridized carbons (Fsp3) is 0.421. The second kappa shape index (κ2) is 7.59. The van der Waals surface area contributed by atoms with Crippen LogP contribution in [0.3, 0.4) is 0 Å². The number of carbonyl (C=O) groups is 2. The SMILES string of the molecule is COc1ccc(CCC(=O)N2CCC(C(=O)O)(n3ccnc3)CC2)cc1. The van der Waals surface area contributed by atoms with Gasteiger partial charge in [-0.2, -0.15) is 0 Å². The summed E-state index contributed by atoms with van der Waals surface area (Å²) < 4.78 is 6.78. The summed E-state index contributed by atoms with van der Waals surface area (Å²) in [5.74, 6) is -0.0214. The Morgan fingerprint density at radius 1 is 1.23 bits per heavy atom. The van der Waals surface area contributed by atoms with E-state index in [-0.39, 0.29) is 5.91 Å². The molecule has 138 valence electrons. The second-order valence-electron chi connectivity index (χ2n) is 6.54. The molecule has 0 aliphatic carbocycles. The van der Waals surface area contributed by atoms with Gasteiger partial charge in [0.2, 0.25) is 5.91 Å². The Bertz CT molecular complexity index is 748. The van der Waals surface area contributed by atoms with Crippen LogP contribution in [0.1, 0.15) is 24.8 Å². The Kier molecular flexibility index (Phi) is 5.25. The molecule has 1 fully saturated rings. The average Bonchev–Trinajstić information content (AvgIpc) is 3.21. The number of carbonyl (C=O) groups excluding carboxylic acids is 1. The van der Waals surface area contributed by atoms with Gasteiger partial charge in [-0.1, -0.05) is 12.1 Å². The molecule has 2 aromatic rings. The van der Waals surface area contributed by atoms with Crippen molar-refractivity contribution in [2.75, 3.05) is 20.2 Å². The van der Waals surface area contributed by atoms with Crippen molar-refractivity contribution >= 4 is 11.9 Å². The van der Waals surface area contributed by atoms with Gasteiger partial charge >= 0.3 is 5.97 Å². The van der Waals surface area contributed by atoms with Gasteiger partial charge in [0.25, 0.3) is 0 Å². The zero-order valence-electron chi connectivity index (χ0n) is 14.8. The lowest BCUT2D eigenvalue weighted by atomic mass is 9.87. The summed E-state index contributed by atoms with van der Waals surface area (Å²) in [5, 5.41) is 9.72. The Hall–Kier alpha value is -2.83. The zero-order chi connectivity index (χ0) is 18.6. The summed E-state index contributed by atoms with van der Waals surface area (Å²) in [6.45, 7) is 0.873. The van der Waals surface area contributed by atoms with Crippen molar-refractivity contribution in [3.05, 3.63) is 48.5 Å². The maximum atomic E-state index is 12.5. The minimum absolute atomic E-state index is 0.0606. The fourth-order valence-corrected chi connectivity index (χ4v) is 3.42.